The van der Waals surface area contributed by atoms with E-state index < -0.39 is 0 Å². The molecular weight excluding hydrogens is 212 g/mol. The van der Waals surface area contributed by atoms with Crippen LogP contribution in [-0.4, -0.2) is 9.97 Å². The van der Waals surface area contributed by atoms with Crippen molar-refractivity contribution >= 4 is 11.5 Å². The molecular formula is C13H16N4. The van der Waals surface area contributed by atoms with Crippen LogP contribution in [0.2, 0.25) is 0 Å². The number of hydrogen-bond acceptors (Lipinski definition) is 4. The van der Waals surface area contributed by atoms with Gasteiger partial charge in [-0.15, -0.1) is 0 Å². The average molecular weight is 228 g/mol. The standard InChI is InChI=1S/C13H16N4/c1-9-7-13(17-10(2)16-9)15-8-11-5-3-4-6-12(11)14/h3-7H,8,14H2,1-2H3,(H,15,16,17). The number of hydrogen-bond donors (Lipinski definition) is 2. The highest BCUT2D eigenvalue weighted by Gasteiger charge is 2.00. The molecule has 0 fully saturated rings. The molecule has 3 N–H and O–H groups in total. The first-order valence-corrected chi connectivity index (χ1v) is 5.54. The molecule has 4 heteroatoms. The fourth-order valence-corrected chi connectivity index (χ4v) is 1.69. The Morgan fingerprint density at radius 2 is 1.94 bits per heavy atom. The Morgan fingerprint density at radius 1 is 1.18 bits per heavy atom. The van der Waals surface area contributed by atoms with Crippen LogP contribution in [0.4, 0.5) is 11.5 Å². The fourth-order valence-electron chi connectivity index (χ4n) is 1.69. The summed E-state index contributed by atoms with van der Waals surface area (Å²) in [6.07, 6.45) is 0. The second kappa shape index (κ2) is 4.82. The van der Waals surface area contributed by atoms with Crippen LogP contribution in [0.1, 0.15) is 17.1 Å². The van der Waals surface area contributed by atoms with Gasteiger partial charge in [-0.2, -0.15) is 0 Å². The second-order valence-corrected chi connectivity index (χ2v) is 3.99. The van der Waals surface area contributed by atoms with Crippen LogP contribution in [0, 0.1) is 13.8 Å². The van der Waals surface area contributed by atoms with Gasteiger partial charge in [0.2, 0.25) is 0 Å². The topological polar surface area (TPSA) is 63.8 Å². The maximum atomic E-state index is 5.87. The van der Waals surface area contributed by atoms with Crippen LogP contribution in [0.5, 0.6) is 0 Å². The third-order valence-electron chi connectivity index (χ3n) is 2.48. The smallest absolute Gasteiger partial charge is 0.130 e. The Morgan fingerprint density at radius 3 is 2.65 bits per heavy atom. The Labute approximate surface area is 101 Å². The molecule has 4 nitrogen and oxygen atoms in total. The van der Waals surface area contributed by atoms with Crippen LogP contribution in [0.15, 0.2) is 30.3 Å². The van der Waals surface area contributed by atoms with Crippen LogP contribution < -0.4 is 11.1 Å². The number of nitrogens with one attached hydrogen (secondary N) is 1. The number of anilines is 2. The van der Waals surface area contributed by atoms with Crippen LogP contribution in [0.25, 0.3) is 0 Å². The molecule has 0 radical (unpaired) electrons. The van der Waals surface area contributed by atoms with Gasteiger partial charge in [-0.05, 0) is 25.5 Å². The molecule has 0 bridgehead atoms. The first kappa shape index (κ1) is 11.4. The lowest BCUT2D eigenvalue weighted by Crippen LogP contribution is -2.05. The van der Waals surface area contributed by atoms with Gasteiger partial charge in [-0.3, -0.25) is 0 Å². The van der Waals surface area contributed by atoms with E-state index >= 15 is 0 Å². The van der Waals surface area contributed by atoms with E-state index in [9.17, 15) is 0 Å². The van der Waals surface area contributed by atoms with E-state index in [1.165, 1.54) is 0 Å². The van der Waals surface area contributed by atoms with E-state index in [0.29, 0.717) is 6.54 Å². The summed E-state index contributed by atoms with van der Waals surface area (Å²) in [7, 11) is 0. The molecule has 0 atom stereocenters. The predicted octanol–water partition coefficient (Wildman–Crippen LogP) is 2.29. The summed E-state index contributed by atoms with van der Waals surface area (Å²) in [5.74, 6) is 1.60. The van der Waals surface area contributed by atoms with Gasteiger partial charge < -0.3 is 11.1 Å². The van der Waals surface area contributed by atoms with Crippen molar-refractivity contribution in [1.82, 2.24) is 9.97 Å². The highest BCUT2D eigenvalue weighted by molar-refractivity contribution is 5.48. The number of aryl methyl sites for hydroxylation is 2. The Hall–Kier alpha value is -2.10. The van der Waals surface area contributed by atoms with Gasteiger partial charge in [0.15, 0.2) is 0 Å². The molecule has 0 amide bonds. The number of nitrogens with two attached hydrogens (primary N) is 1. The van der Waals surface area contributed by atoms with E-state index in [1.807, 2.05) is 44.2 Å². The highest BCUT2D eigenvalue weighted by atomic mass is 15.0. The van der Waals surface area contributed by atoms with Gasteiger partial charge in [0, 0.05) is 24.0 Å². The van der Waals surface area contributed by atoms with Crippen molar-refractivity contribution in [3.63, 3.8) is 0 Å². The quantitative estimate of drug-likeness (QED) is 0.791. The van der Waals surface area contributed by atoms with E-state index in [1.54, 1.807) is 0 Å². The Kier molecular flexibility index (Phi) is 3.23. The molecule has 0 aliphatic heterocycles. The van der Waals surface area contributed by atoms with Gasteiger partial charge in [0.25, 0.3) is 0 Å². The lowest BCUT2D eigenvalue weighted by Gasteiger charge is -2.09. The maximum absolute atomic E-state index is 5.87. The van der Waals surface area contributed by atoms with Gasteiger partial charge in [0.05, 0.1) is 0 Å². The predicted molar refractivity (Wildman–Crippen MR) is 69.7 cm³/mol. The third-order valence-corrected chi connectivity index (χ3v) is 2.48. The summed E-state index contributed by atoms with van der Waals surface area (Å²) in [5, 5.41) is 3.25. The molecule has 0 spiro atoms. The van der Waals surface area contributed by atoms with Crippen molar-refractivity contribution in [2.24, 2.45) is 0 Å². The Bertz CT molecular complexity index is 502. The normalized spacial score (nSPS) is 10.2. The molecule has 1 heterocycles. The van der Waals surface area contributed by atoms with E-state index in [0.717, 1.165) is 28.6 Å². The monoisotopic (exact) mass is 228 g/mol. The number of rotatable bonds is 3. The summed E-state index contributed by atoms with van der Waals surface area (Å²) in [6, 6.07) is 9.73. The number of aromatic nitrogens is 2. The molecule has 2 rings (SSSR count). The molecule has 0 aliphatic rings. The summed E-state index contributed by atoms with van der Waals surface area (Å²) in [5.41, 5.74) is 8.70. The minimum absolute atomic E-state index is 0.669. The first-order valence-electron chi connectivity index (χ1n) is 5.54. The SMILES string of the molecule is Cc1cc(NCc2ccccc2N)nc(C)n1. The third kappa shape index (κ3) is 2.93. The number of benzene rings is 1. The van der Waals surface area contributed by atoms with E-state index in [2.05, 4.69) is 15.3 Å². The minimum atomic E-state index is 0.669. The van der Waals surface area contributed by atoms with Gasteiger partial charge in [-0.25, -0.2) is 9.97 Å². The van der Waals surface area contributed by atoms with Crippen molar-refractivity contribution in [2.45, 2.75) is 20.4 Å². The zero-order valence-corrected chi connectivity index (χ0v) is 10.1. The van der Waals surface area contributed by atoms with Crippen molar-refractivity contribution < 1.29 is 0 Å². The van der Waals surface area contributed by atoms with E-state index in [4.69, 9.17) is 5.73 Å². The van der Waals surface area contributed by atoms with Gasteiger partial charge in [-0.1, -0.05) is 18.2 Å². The molecule has 1 aromatic heterocycles. The molecule has 0 saturated heterocycles. The zero-order chi connectivity index (χ0) is 12.3. The summed E-state index contributed by atoms with van der Waals surface area (Å²) >= 11 is 0. The van der Waals surface area contributed by atoms with Crippen LogP contribution >= 0.6 is 0 Å². The van der Waals surface area contributed by atoms with Crippen molar-refractivity contribution in [3.05, 3.63) is 47.4 Å². The second-order valence-electron chi connectivity index (χ2n) is 3.99. The van der Waals surface area contributed by atoms with Crippen molar-refractivity contribution in [2.75, 3.05) is 11.1 Å². The molecule has 17 heavy (non-hydrogen) atoms. The summed E-state index contributed by atoms with van der Waals surface area (Å²) in [6.45, 7) is 4.51. The molecule has 0 aliphatic carbocycles. The van der Waals surface area contributed by atoms with Crippen LogP contribution in [-0.2, 0) is 6.54 Å². The summed E-state index contributed by atoms with van der Waals surface area (Å²) < 4.78 is 0. The molecule has 0 unspecified atom stereocenters. The highest BCUT2D eigenvalue weighted by Crippen LogP contribution is 2.13. The first-order chi connectivity index (χ1) is 8.15. The maximum Gasteiger partial charge on any atom is 0.130 e. The largest absolute Gasteiger partial charge is 0.398 e. The summed E-state index contributed by atoms with van der Waals surface area (Å²) in [4.78, 5) is 8.55. The molecule has 88 valence electrons. The fraction of sp³-hybridized carbons (Fsp3) is 0.231. The molecule has 1 aromatic carbocycles. The lowest BCUT2D eigenvalue weighted by molar-refractivity contribution is 0.992. The Balaban J connectivity index is 2.10. The molecule has 2 aromatic rings. The van der Waals surface area contributed by atoms with E-state index in [-0.39, 0.29) is 0 Å². The average Bonchev–Trinajstić information content (AvgIpc) is 2.27. The number of nitrogens with zero attached hydrogens (tertiary/aromatic N) is 2. The number of para-hydroxylation sites is 1. The van der Waals surface area contributed by atoms with Gasteiger partial charge >= 0.3 is 0 Å². The van der Waals surface area contributed by atoms with Crippen LogP contribution in [0.3, 0.4) is 0 Å². The van der Waals surface area contributed by atoms with Gasteiger partial charge in [0.1, 0.15) is 11.6 Å². The molecule has 0 saturated carbocycles. The zero-order valence-electron chi connectivity index (χ0n) is 10.1. The number of nitrogen functional groups attached to an aromatic ring is 1. The van der Waals surface area contributed by atoms with Crippen molar-refractivity contribution in [3.8, 4) is 0 Å². The van der Waals surface area contributed by atoms with Crippen molar-refractivity contribution in [1.29, 1.82) is 0 Å². The minimum Gasteiger partial charge on any atom is -0.398 e. The lowest BCUT2D eigenvalue weighted by atomic mass is 10.2.